The quantitative estimate of drug-likeness (QED) is 0.776. The summed E-state index contributed by atoms with van der Waals surface area (Å²) >= 11 is 0. The Hall–Kier alpha value is -2.09. The van der Waals surface area contributed by atoms with Crippen molar-refractivity contribution in [2.45, 2.75) is 27.2 Å². The number of Topliss-reactive ketones (excluding diaryl/α,β-unsaturated/α-hetero) is 1. The SMILES string of the molecule is Cc1cc(C)c(C(=O)C2COc3ccccc3C2)cc1C. The van der Waals surface area contributed by atoms with E-state index in [2.05, 4.69) is 19.9 Å². The Morgan fingerprint density at radius 1 is 1.05 bits per heavy atom. The van der Waals surface area contributed by atoms with Gasteiger partial charge < -0.3 is 4.74 Å². The normalized spacial score (nSPS) is 17.0. The Bertz CT molecular complexity index is 701. The van der Waals surface area contributed by atoms with Crippen LogP contribution in [0.2, 0.25) is 0 Å². The van der Waals surface area contributed by atoms with Crippen molar-refractivity contribution in [3.63, 3.8) is 0 Å². The lowest BCUT2D eigenvalue weighted by atomic mass is 9.87. The van der Waals surface area contributed by atoms with Crippen LogP contribution in [-0.2, 0) is 6.42 Å². The molecule has 0 saturated heterocycles. The van der Waals surface area contributed by atoms with E-state index in [0.29, 0.717) is 6.61 Å². The molecule has 1 heterocycles. The molecule has 0 aromatic heterocycles. The molecule has 1 aliphatic heterocycles. The highest BCUT2D eigenvalue weighted by atomic mass is 16.5. The summed E-state index contributed by atoms with van der Waals surface area (Å²) in [6, 6.07) is 12.1. The van der Waals surface area contributed by atoms with Gasteiger partial charge in [0, 0.05) is 5.56 Å². The van der Waals surface area contributed by atoms with Crippen molar-refractivity contribution in [2.24, 2.45) is 5.92 Å². The molecule has 0 fully saturated rings. The van der Waals surface area contributed by atoms with Gasteiger partial charge in [-0.05, 0) is 61.6 Å². The number of carbonyl (C=O) groups excluding carboxylic acids is 1. The second-order valence-corrected chi connectivity index (χ2v) is 5.94. The van der Waals surface area contributed by atoms with Gasteiger partial charge in [-0.2, -0.15) is 0 Å². The van der Waals surface area contributed by atoms with Gasteiger partial charge in [-0.3, -0.25) is 4.79 Å². The van der Waals surface area contributed by atoms with Crippen molar-refractivity contribution in [1.82, 2.24) is 0 Å². The average Bonchev–Trinajstić information content (AvgIpc) is 2.50. The van der Waals surface area contributed by atoms with Gasteiger partial charge in [0.15, 0.2) is 5.78 Å². The van der Waals surface area contributed by atoms with Gasteiger partial charge in [0.2, 0.25) is 0 Å². The smallest absolute Gasteiger partial charge is 0.169 e. The van der Waals surface area contributed by atoms with Gasteiger partial charge in [-0.25, -0.2) is 0 Å². The largest absolute Gasteiger partial charge is 0.493 e. The fourth-order valence-corrected chi connectivity index (χ4v) is 2.94. The minimum absolute atomic E-state index is 0.0827. The highest BCUT2D eigenvalue weighted by molar-refractivity contribution is 5.99. The Morgan fingerprint density at radius 3 is 2.57 bits per heavy atom. The summed E-state index contributed by atoms with van der Waals surface area (Å²) in [5.74, 6) is 1.03. The molecule has 0 spiro atoms. The molecular weight excluding hydrogens is 260 g/mol. The van der Waals surface area contributed by atoms with Gasteiger partial charge in [0.05, 0.1) is 12.5 Å². The van der Waals surface area contributed by atoms with E-state index in [-0.39, 0.29) is 11.7 Å². The van der Waals surface area contributed by atoms with E-state index in [1.807, 2.05) is 37.3 Å². The molecule has 3 rings (SSSR count). The first-order chi connectivity index (χ1) is 10.1. The third kappa shape index (κ3) is 2.58. The number of aryl methyl sites for hydroxylation is 3. The van der Waals surface area contributed by atoms with Crippen LogP contribution in [0.25, 0.3) is 0 Å². The lowest BCUT2D eigenvalue weighted by Crippen LogP contribution is -2.28. The molecule has 108 valence electrons. The zero-order valence-electron chi connectivity index (χ0n) is 12.8. The van der Waals surface area contributed by atoms with Crippen molar-refractivity contribution < 1.29 is 9.53 Å². The van der Waals surface area contributed by atoms with Crippen LogP contribution in [0, 0.1) is 26.7 Å². The predicted octanol–water partition coefficient (Wildman–Crippen LogP) is 4.05. The maximum absolute atomic E-state index is 12.8. The molecule has 21 heavy (non-hydrogen) atoms. The highest BCUT2D eigenvalue weighted by Gasteiger charge is 2.27. The van der Waals surface area contributed by atoms with Crippen molar-refractivity contribution in [2.75, 3.05) is 6.61 Å². The first-order valence-corrected chi connectivity index (χ1v) is 7.39. The molecule has 0 amide bonds. The van der Waals surface area contributed by atoms with Crippen molar-refractivity contribution in [1.29, 1.82) is 0 Å². The first-order valence-electron chi connectivity index (χ1n) is 7.39. The lowest BCUT2D eigenvalue weighted by Gasteiger charge is -2.25. The highest BCUT2D eigenvalue weighted by Crippen LogP contribution is 2.29. The fourth-order valence-electron chi connectivity index (χ4n) is 2.94. The third-order valence-electron chi connectivity index (χ3n) is 4.36. The van der Waals surface area contributed by atoms with Gasteiger partial charge in [-0.1, -0.05) is 24.3 Å². The number of carbonyl (C=O) groups is 1. The van der Waals surface area contributed by atoms with Gasteiger partial charge in [0.25, 0.3) is 0 Å². The summed E-state index contributed by atoms with van der Waals surface area (Å²) in [6.45, 7) is 6.62. The predicted molar refractivity (Wildman–Crippen MR) is 84.1 cm³/mol. The third-order valence-corrected chi connectivity index (χ3v) is 4.36. The summed E-state index contributed by atoms with van der Waals surface area (Å²) in [6.07, 6.45) is 0.765. The Balaban J connectivity index is 1.89. The Labute approximate surface area is 125 Å². The Kier molecular flexibility index (Phi) is 3.54. The van der Waals surface area contributed by atoms with Crippen LogP contribution in [0.1, 0.15) is 32.6 Å². The van der Waals surface area contributed by atoms with Crippen LogP contribution < -0.4 is 4.74 Å². The van der Waals surface area contributed by atoms with Gasteiger partial charge >= 0.3 is 0 Å². The monoisotopic (exact) mass is 280 g/mol. The maximum atomic E-state index is 12.8. The number of ketones is 1. The van der Waals surface area contributed by atoms with Crippen LogP contribution in [0.3, 0.4) is 0 Å². The standard InChI is InChI=1S/C19H20O2/c1-12-8-14(3)17(9-13(12)2)19(20)16-10-15-6-4-5-7-18(15)21-11-16/h4-9,16H,10-11H2,1-3H3. The number of benzene rings is 2. The molecule has 2 aromatic rings. The van der Waals surface area contributed by atoms with E-state index in [1.165, 1.54) is 11.1 Å². The molecule has 1 atom stereocenters. The molecule has 0 radical (unpaired) electrons. The first kappa shape index (κ1) is 13.9. The van der Waals surface area contributed by atoms with Crippen molar-refractivity contribution in [3.05, 3.63) is 64.2 Å². The van der Waals surface area contributed by atoms with Gasteiger partial charge in [0.1, 0.15) is 5.75 Å². The zero-order valence-corrected chi connectivity index (χ0v) is 12.8. The van der Waals surface area contributed by atoms with E-state index in [1.54, 1.807) is 0 Å². The van der Waals surface area contributed by atoms with E-state index < -0.39 is 0 Å². The van der Waals surface area contributed by atoms with Crippen molar-refractivity contribution in [3.8, 4) is 5.75 Å². The summed E-state index contributed by atoms with van der Waals surface area (Å²) in [7, 11) is 0. The fraction of sp³-hybridized carbons (Fsp3) is 0.316. The molecule has 0 saturated carbocycles. The van der Waals surface area contributed by atoms with Crippen LogP contribution in [0.4, 0.5) is 0 Å². The molecule has 0 aliphatic carbocycles. The number of fused-ring (bicyclic) bond motifs is 1. The topological polar surface area (TPSA) is 26.3 Å². The molecule has 0 bridgehead atoms. The molecule has 0 N–H and O–H groups in total. The summed E-state index contributed by atoms with van der Waals surface area (Å²) in [4.78, 5) is 12.8. The molecule has 1 unspecified atom stereocenters. The van der Waals surface area contributed by atoms with Crippen LogP contribution >= 0.6 is 0 Å². The number of rotatable bonds is 2. The number of hydrogen-bond acceptors (Lipinski definition) is 2. The van der Waals surface area contributed by atoms with Crippen LogP contribution in [0.15, 0.2) is 36.4 Å². The number of para-hydroxylation sites is 1. The average molecular weight is 280 g/mol. The van der Waals surface area contributed by atoms with Crippen LogP contribution in [-0.4, -0.2) is 12.4 Å². The second-order valence-electron chi connectivity index (χ2n) is 5.94. The van der Waals surface area contributed by atoms with Crippen molar-refractivity contribution >= 4 is 5.78 Å². The van der Waals surface area contributed by atoms with E-state index >= 15 is 0 Å². The molecule has 1 aliphatic rings. The minimum atomic E-state index is -0.0827. The zero-order chi connectivity index (χ0) is 15.0. The summed E-state index contributed by atoms with van der Waals surface area (Å²) in [5.41, 5.74) is 5.42. The maximum Gasteiger partial charge on any atom is 0.169 e. The molecule has 2 nitrogen and oxygen atoms in total. The van der Waals surface area contributed by atoms with E-state index in [4.69, 9.17) is 4.74 Å². The van der Waals surface area contributed by atoms with E-state index in [0.717, 1.165) is 28.9 Å². The molecular formula is C19H20O2. The number of hydrogen-bond donors (Lipinski definition) is 0. The summed E-state index contributed by atoms with van der Waals surface area (Å²) < 4.78 is 5.75. The minimum Gasteiger partial charge on any atom is -0.493 e. The van der Waals surface area contributed by atoms with E-state index in [9.17, 15) is 4.79 Å². The number of ether oxygens (including phenoxy) is 1. The van der Waals surface area contributed by atoms with Crippen LogP contribution in [0.5, 0.6) is 5.75 Å². The Morgan fingerprint density at radius 2 is 1.76 bits per heavy atom. The summed E-state index contributed by atoms with van der Waals surface area (Å²) in [5, 5.41) is 0. The molecule has 2 aromatic carbocycles. The van der Waals surface area contributed by atoms with Gasteiger partial charge in [-0.15, -0.1) is 0 Å². The molecule has 2 heteroatoms. The second kappa shape index (κ2) is 5.36. The lowest BCUT2D eigenvalue weighted by molar-refractivity contribution is 0.0854.